The Morgan fingerprint density at radius 3 is 2.75 bits per heavy atom. The summed E-state index contributed by atoms with van der Waals surface area (Å²) in [7, 11) is 3.26. The van der Waals surface area contributed by atoms with Crippen LogP contribution in [0.4, 0.5) is 13.2 Å². The van der Waals surface area contributed by atoms with E-state index < -0.39 is 17.9 Å². The zero-order chi connectivity index (χ0) is 20.1. The normalized spacial score (nSPS) is 33.3. The highest BCUT2D eigenvalue weighted by atomic mass is 19.4. The molecule has 0 spiro atoms. The van der Waals surface area contributed by atoms with E-state index in [1.807, 2.05) is 6.08 Å². The number of dihydropyridines is 1. The van der Waals surface area contributed by atoms with Crippen molar-refractivity contribution in [2.45, 2.75) is 37.8 Å². The lowest BCUT2D eigenvalue weighted by atomic mass is 9.84. The van der Waals surface area contributed by atoms with Crippen LogP contribution in [-0.2, 0) is 4.74 Å². The largest absolute Gasteiger partial charge is 0.396 e. The number of nitriles is 1. The van der Waals surface area contributed by atoms with Crippen molar-refractivity contribution in [1.29, 1.82) is 5.26 Å². The fourth-order valence-electron chi connectivity index (χ4n) is 4.23. The standard InChI is InChI=1S/C19H22F3N5O/c1-26-16-15(4-3-14(25-16)13-10-24-8-5-12(13)9-23)27(17(26)28-2)11-18(6-7-18)19(20,21)22/h4-5,8,10,12-14,17H,3,6-7,11H2,1-2H3. The van der Waals surface area contributed by atoms with Gasteiger partial charge < -0.3 is 14.5 Å². The molecule has 1 aliphatic carbocycles. The molecule has 6 nitrogen and oxygen atoms in total. The molecular formula is C19H22F3N5O. The lowest BCUT2D eigenvalue weighted by Crippen LogP contribution is -2.44. The lowest BCUT2D eigenvalue weighted by molar-refractivity contribution is -0.198. The van der Waals surface area contributed by atoms with E-state index in [-0.39, 0.29) is 37.3 Å². The van der Waals surface area contributed by atoms with Crippen molar-refractivity contribution in [3.8, 4) is 6.07 Å². The van der Waals surface area contributed by atoms with Gasteiger partial charge in [0.05, 0.1) is 29.1 Å². The van der Waals surface area contributed by atoms with Crippen molar-refractivity contribution in [3.05, 3.63) is 24.0 Å². The first-order valence-electron chi connectivity index (χ1n) is 9.28. The molecular weight excluding hydrogens is 371 g/mol. The minimum absolute atomic E-state index is 0.136. The van der Waals surface area contributed by atoms with Gasteiger partial charge in [0.2, 0.25) is 6.35 Å². The molecule has 150 valence electrons. The highest BCUT2D eigenvalue weighted by molar-refractivity contribution is 6.00. The Morgan fingerprint density at radius 2 is 2.14 bits per heavy atom. The smallest absolute Gasteiger partial charge is 0.344 e. The molecule has 2 fully saturated rings. The number of amidine groups is 1. The molecule has 3 aliphatic heterocycles. The van der Waals surface area contributed by atoms with Gasteiger partial charge in [-0.3, -0.25) is 9.98 Å². The van der Waals surface area contributed by atoms with E-state index in [9.17, 15) is 18.4 Å². The summed E-state index contributed by atoms with van der Waals surface area (Å²) < 4.78 is 46.0. The second-order valence-electron chi connectivity index (χ2n) is 7.80. The Hall–Kier alpha value is -2.34. The van der Waals surface area contributed by atoms with E-state index in [2.05, 4.69) is 11.1 Å². The van der Waals surface area contributed by atoms with Gasteiger partial charge in [-0.05, 0) is 25.3 Å². The van der Waals surface area contributed by atoms with Gasteiger partial charge >= 0.3 is 6.18 Å². The third-order valence-electron chi connectivity index (χ3n) is 6.10. The molecule has 0 N–H and O–H groups in total. The Kier molecular flexibility index (Phi) is 4.49. The quantitative estimate of drug-likeness (QED) is 0.737. The average Bonchev–Trinajstić information content (AvgIpc) is 3.43. The molecule has 4 rings (SSSR count). The van der Waals surface area contributed by atoms with Gasteiger partial charge in [-0.2, -0.15) is 18.4 Å². The van der Waals surface area contributed by atoms with Crippen LogP contribution in [0.1, 0.15) is 19.3 Å². The van der Waals surface area contributed by atoms with E-state index >= 15 is 0 Å². The zero-order valence-electron chi connectivity index (χ0n) is 15.7. The Morgan fingerprint density at radius 1 is 1.39 bits per heavy atom. The number of hydrogen-bond donors (Lipinski definition) is 0. The summed E-state index contributed by atoms with van der Waals surface area (Å²) in [6.45, 7) is -0.136. The van der Waals surface area contributed by atoms with Crippen molar-refractivity contribution in [3.63, 3.8) is 0 Å². The molecule has 9 heteroatoms. The van der Waals surface area contributed by atoms with Crippen molar-refractivity contribution < 1.29 is 17.9 Å². The molecule has 0 aromatic heterocycles. The Labute approximate surface area is 161 Å². The predicted octanol–water partition coefficient (Wildman–Crippen LogP) is 2.92. The van der Waals surface area contributed by atoms with Crippen LogP contribution in [0.15, 0.2) is 34.0 Å². The molecule has 0 aromatic carbocycles. The van der Waals surface area contributed by atoms with Gasteiger partial charge in [0.1, 0.15) is 0 Å². The van der Waals surface area contributed by atoms with Crippen LogP contribution in [-0.4, -0.2) is 61.1 Å². The van der Waals surface area contributed by atoms with E-state index in [1.54, 1.807) is 35.3 Å². The van der Waals surface area contributed by atoms with Crippen molar-refractivity contribution >= 4 is 12.1 Å². The number of fused-ring (bicyclic) bond motifs is 1. The van der Waals surface area contributed by atoms with Crippen LogP contribution in [0, 0.1) is 28.6 Å². The van der Waals surface area contributed by atoms with Crippen LogP contribution in [0.2, 0.25) is 0 Å². The van der Waals surface area contributed by atoms with Gasteiger partial charge in [-0.25, -0.2) is 0 Å². The van der Waals surface area contributed by atoms with Crippen molar-refractivity contribution in [2.24, 2.45) is 27.2 Å². The number of hydrogen-bond acceptors (Lipinski definition) is 6. The number of aliphatic imine (C=N–C) groups is 2. The van der Waals surface area contributed by atoms with Gasteiger partial charge in [0, 0.05) is 39.0 Å². The number of methoxy groups -OCH3 is 1. The summed E-state index contributed by atoms with van der Waals surface area (Å²) in [5.41, 5.74) is -0.984. The van der Waals surface area contributed by atoms with E-state index in [4.69, 9.17) is 9.73 Å². The molecule has 4 atom stereocenters. The topological polar surface area (TPSA) is 64.2 Å². The van der Waals surface area contributed by atoms with Crippen LogP contribution in [0.25, 0.3) is 0 Å². The molecule has 3 heterocycles. The number of rotatable bonds is 4. The third kappa shape index (κ3) is 2.91. The Balaban J connectivity index is 1.60. The fourth-order valence-corrected chi connectivity index (χ4v) is 4.23. The number of likely N-dealkylation sites (N-methyl/N-ethyl adjacent to an activating group) is 1. The van der Waals surface area contributed by atoms with Crippen molar-refractivity contribution in [1.82, 2.24) is 9.80 Å². The number of allylic oxidation sites excluding steroid dienone is 1. The molecule has 1 saturated carbocycles. The maximum absolute atomic E-state index is 13.5. The first kappa shape index (κ1) is 19.0. The summed E-state index contributed by atoms with van der Waals surface area (Å²) in [5, 5.41) is 9.39. The number of ether oxygens (including phenoxy) is 1. The minimum atomic E-state index is -4.23. The van der Waals surface area contributed by atoms with Crippen LogP contribution < -0.4 is 0 Å². The minimum Gasteiger partial charge on any atom is -0.344 e. The van der Waals surface area contributed by atoms with Crippen LogP contribution in [0.3, 0.4) is 0 Å². The summed E-state index contributed by atoms with van der Waals surface area (Å²) in [6.07, 6.45) is 3.00. The van der Waals surface area contributed by atoms with Crippen molar-refractivity contribution in [2.75, 3.05) is 20.7 Å². The summed E-state index contributed by atoms with van der Waals surface area (Å²) in [6, 6.07) is 2.08. The second kappa shape index (κ2) is 6.62. The molecule has 0 aromatic rings. The van der Waals surface area contributed by atoms with E-state index in [0.717, 1.165) is 0 Å². The molecule has 4 unspecified atom stereocenters. The molecule has 0 bridgehead atoms. The summed E-state index contributed by atoms with van der Waals surface area (Å²) in [5.74, 6) is 0.136. The zero-order valence-corrected chi connectivity index (χ0v) is 15.7. The average molecular weight is 393 g/mol. The molecule has 0 radical (unpaired) electrons. The maximum atomic E-state index is 13.5. The Bertz CT molecular complexity index is 805. The highest BCUT2D eigenvalue weighted by Gasteiger charge is 2.65. The summed E-state index contributed by atoms with van der Waals surface area (Å²) >= 11 is 0. The molecule has 4 aliphatic rings. The van der Waals surface area contributed by atoms with E-state index in [0.29, 0.717) is 18.0 Å². The second-order valence-corrected chi connectivity index (χ2v) is 7.80. The predicted molar refractivity (Wildman–Crippen MR) is 97.1 cm³/mol. The van der Waals surface area contributed by atoms with Gasteiger partial charge in [0.25, 0.3) is 0 Å². The fraction of sp³-hybridized carbons (Fsp3) is 0.632. The highest BCUT2D eigenvalue weighted by Crippen LogP contribution is 2.58. The number of nitrogens with zero attached hydrogens (tertiary/aromatic N) is 5. The monoisotopic (exact) mass is 393 g/mol. The molecule has 1 saturated heterocycles. The van der Waals surface area contributed by atoms with E-state index in [1.165, 1.54) is 7.11 Å². The maximum Gasteiger partial charge on any atom is 0.396 e. The van der Waals surface area contributed by atoms with Crippen LogP contribution >= 0.6 is 0 Å². The molecule has 28 heavy (non-hydrogen) atoms. The van der Waals surface area contributed by atoms with Crippen LogP contribution in [0.5, 0.6) is 0 Å². The van der Waals surface area contributed by atoms with Gasteiger partial charge in [-0.1, -0.05) is 6.08 Å². The van der Waals surface area contributed by atoms with Gasteiger partial charge in [0.15, 0.2) is 5.84 Å². The SMILES string of the molecule is COC1N(C)C2=NC(C3C=NC=CC3C#N)CC=C2N1CC1(C(F)(F)F)CC1. The van der Waals surface area contributed by atoms with Gasteiger partial charge in [-0.15, -0.1) is 0 Å². The summed E-state index contributed by atoms with van der Waals surface area (Å²) in [4.78, 5) is 12.4. The number of alkyl halides is 3. The first-order valence-corrected chi connectivity index (χ1v) is 9.28. The third-order valence-corrected chi connectivity index (χ3v) is 6.10. The number of halogens is 3. The first-order chi connectivity index (χ1) is 13.3. The molecule has 0 amide bonds. The lowest BCUT2D eigenvalue weighted by Gasteiger charge is -2.32.